The van der Waals surface area contributed by atoms with E-state index in [2.05, 4.69) is 11.9 Å². The van der Waals surface area contributed by atoms with Crippen molar-refractivity contribution < 1.29 is 14.7 Å². The molecule has 0 atom stereocenters. The molecule has 0 spiro atoms. The SMILES string of the molecule is CCc1ccccc1N(Cc1cccc(C(=O)O)c1)C(=O)Cc1ccncc1. The van der Waals surface area contributed by atoms with Gasteiger partial charge < -0.3 is 10.0 Å². The summed E-state index contributed by atoms with van der Waals surface area (Å²) in [6.45, 7) is 2.36. The third kappa shape index (κ3) is 4.62. The number of nitrogens with zero attached hydrogens (tertiary/aromatic N) is 2. The predicted octanol–water partition coefficient (Wildman–Crippen LogP) is 4.12. The van der Waals surface area contributed by atoms with E-state index >= 15 is 0 Å². The predicted molar refractivity (Wildman–Crippen MR) is 108 cm³/mol. The molecule has 1 amide bonds. The molecule has 0 bridgehead atoms. The number of carboxylic acids is 1. The van der Waals surface area contributed by atoms with Gasteiger partial charge in [0.15, 0.2) is 0 Å². The van der Waals surface area contributed by atoms with Gasteiger partial charge in [-0.3, -0.25) is 9.78 Å². The van der Waals surface area contributed by atoms with Crippen LogP contribution in [0.5, 0.6) is 0 Å². The molecule has 5 heteroatoms. The number of aryl methyl sites for hydroxylation is 1. The molecular formula is C23H22N2O3. The maximum Gasteiger partial charge on any atom is 0.335 e. The van der Waals surface area contributed by atoms with E-state index in [4.69, 9.17) is 0 Å². The van der Waals surface area contributed by atoms with Crippen molar-refractivity contribution >= 4 is 17.6 Å². The summed E-state index contributed by atoms with van der Waals surface area (Å²) in [4.78, 5) is 30.2. The Morgan fingerprint density at radius 3 is 2.43 bits per heavy atom. The standard InChI is InChI=1S/C23H22N2O3/c1-2-19-7-3-4-9-21(19)25(22(26)15-17-10-12-24-13-11-17)16-18-6-5-8-20(14-18)23(27)28/h3-14H,2,15-16H2,1H3,(H,27,28). The number of anilines is 1. The maximum absolute atomic E-state index is 13.2. The molecule has 1 heterocycles. The van der Waals surface area contributed by atoms with Gasteiger partial charge in [-0.25, -0.2) is 4.79 Å². The molecule has 3 aromatic rings. The van der Waals surface area contributed by atoms with Crippen molar-refractivity contribution in [1.29, 1.82) is 0 Å². The number of para-hydroxylation sites is 1. The number of aromatic carboxylic acids is 1. The van der Waals surface area contributed by atoms with Gasteiger partial charge in [0, 0.05) is 18.1 Å². The van der Waals surface area contributed by atoms with Gasteiger partial charge in [0.2, 0.25) is 5.91 Å². The second kappa shape index (κ2) is 8.95. The summed E-state index contributed by atoms with van der Waals surface area (Å²) in [5.74, 6) is -1.03. The fraction of sp³-hybridized carbons (Fsp3) is 0.174. The molecule has 0 saturated carbocycles. The topological polar surface area (TPSA) is 70.5 Å². The van der Waals surface area contributed by atoms with Crippen LogP contribution < -0.4 is 4.90 Å². The molecular weight excluding hydrogens is 352 g/mol. The Morgan fingerprint density at radius 2 is 1.71 bits per heavy atom. The number of benzene rings is 2. The second-order valence-corrected chi connectivity index (χ2v) is 6.50. The van der Waals surface area contributed by atoms with E-state index in [9.17, 15) is 14.7 Å². The molecule has 1 N–H and O–H groups in total. The van der Waals surface area contributed by atoms with Crippen LogP contribution in [0, 0.1) is 0 Å². The fourth-order valence-corrected chi connectivity index (χ4v) is 3.14. The average molecular weight is 374 g/mol. The van der Waals surface area contributed by atoms with E-state index in [1.165, 1.54) is 0 Å². The van der Waals surface area contributed by atoms with Gasteiger partial charge in [0.25, 0.3) is 0 Å². The smallest absolute Gasteiger partial charge is 0.335 e. The summed E-state index contributed by atoms with van der Waals surface area (Å²) >= 11 is 0. The van der Waals surface area contributed by atoms with Crippen molar-refractivity contribution in [1.82, 2.24) is 4.98 Å². The zero-order valence-corrected chi connectivity index (χ0v) is 15.7. The Hall–Kier alpha value is -3.47. The van der Waals surface area contributed by atoms with Crippen molar-refractivity contribution in [2.24, 2.45) is 0 Å². The molecule has 28 heavy (non-hydrogen) atoms. The molecule has 142 valence electrons. The third-order valence-corrected chi connectivity index (χ3v) is 4.58. The molecule has 0 fully saturated rings. The Labute approximate surface area is 164 Å². The largest absolute Gasteiger partial charge is 0.478 e. The number of carbonyl (C=O) groups excluding carboxylic acids is 1. The Balaban J connectivity index is 1.95. The zero-order valence-electron chi connectivity index (χ0n) is 15.7. The summed E-state index contributed by atoms with van der Waals surface area (Å²) < 4.78 is 0. The van der Waals surface area contributed by atoms with Crippen molar-refractivity contribution in [3.8, 4) is 0 Å². The summed E-state index contributed by atoms with van der Waals surface area (Å²) in [6, 6.07) is 18.2. The molecule has 0 radical (unpaired) electrons. The van der Waals surface area contributed by atoms with Gasteiger partial charge in [-0.15, -0.1) is 0 Å². The quantitative estimate of drug-likeness (QED) is 0.675. The van der Waals surface area contributed by atoms with Crippen LogP contribution in [0.4, 0.5) is 5.69 Å². The van der Waals surface area contributed by atoms with Crippen LogP contribution in [0.15, 0.2) is 73.1 Å². The highest BCUT2D eigenvalue weighted by molar-refractivity contribution is 5.95. The first-order chi connectivity index (χ1) is 13.6. The summed E-state index contributed by atoms with van der Waals surface area (Å²) in [7, 11) is 0. The first kappa shape index (κ1) is 19.3. The highest BCUT2D eigenvalue weighted by Gasteiger charge is 2.19. The lowest BCUT2D eigenvalue weighted by Crippen LogP contribution is -2.32. The minimum atomic E-state index is -0.981. The second-order valence-electron chi connectivity index (χ2n) is 6.50. The lowest BCUT2D eigenvalue weighted by molar-refractivity contribution is -0.118. The third-order valence-electron chi connectivity index (χ3n) is 4.58. The van der Waals surface area contributed by atoms with Crippen LogP contribution in [0.1, 0.15) is 34.0 Å². The van der Waals surface area contributed by atoms with Crippen molar-refractivity contribution in [2.75, 3.05) is 4.90 Å². The lowest BCUT2D eigenvalue weighted by Gasteiger charge is -2.25. The molecule has 2 aromatic carbocycles. The van der Waals surface area contributed by atoms with Gasteiger partial charge in [-0.2, -0.15) is 0 Å². The molecule has 0 aliphatic rings. The van der Waals surface area contributed by atoms with Crippen molar-refractivity contribution in [3.63, 3.8) is 0 Å². The van der Waals surface area contributed by atoms with Crippen LogP contribution in [-0.4, -0.2) is 22.0 Å². The first-order valence-electron chi connectivity index (χ1n) is 9.18. The molecule has 0 aliphatic carbocycles. The number of rotatable bonds is 7. The number of carboxylic acid groups (broad SMARTS) is 1. The van der Waals surface area contributed by atoms with E-state index < -0.39 is 5.97 Å². The van der Waals surface area contributed by atoms with Gasteiger partial charge in [-0.05, 0) is 53.4 Å². The fourth-order valence-electron chi connectivity index (χ4n) is 3.14. The molecule has 3 rings (SSSR count). The number of pyridine rings is 1. The van der Waals surface area contributed by atoms with Crippen molar-refractivity contribution in [2.45, 2.75) is 26.3 Å². The molecule has 0 aliphatic heterocycles. The van der Waals surface area contributed by atoms with Gasteiger partial charge >= 0.3 is 5.97 Å². The number of amides is 1. The van der Waals surface area contributed by atoms with Crippen LogP contribution in [0.3, 0.4) is 0 Å². The van der Waals surface area contributed by atoms with E-state index in [1.54, 1.807) is 35.5 Å². The highest BCUT2D eigenvalue weighted by Crippen LogP contribution is 2.24. The summed E-state index contributed by atoms with van der Waals surface area (Å²) in [5.41, 5.74) is 3.79. The Kier molecular flexibility index (Phi) is 6.17. The summed E-state index contributed by atoms with van der Waals surface area (Å²) in [5, 5.41) is 9.26. The zero-order chi connectivity index (χ0) is 19.9. The monoisotopic (exact) mass is 374 g/mol. The first-order valence-corrected chi connectivity index (χ1v) is 9.18. The van der Waals surface area contributed by atoms with E-state index in [1.807, 2.05) is 42.5 Å². The van der Waals surface area contributed by atoms with Crippen LogP contribution in [-0.2, 0) is 24.2 Å². The lowest BCUT2D eigenvalue weighted by atomic mass is 10.1. The number of carbonyl (C=O) groups is 2. The molecule has 0 saturated heterocycles. The number of aromatic nitrogens is 1. The molecule has 1 aromatic heterocycles. The maximum atomic E-state index is 13.2. The average Bonchev–Trinajstić information content (AvgIpc) is 2.73. The van der Waals surface area contributed by atoms with Gasteiger partial charge in [0.1, 0.15) is 0 Å². The van der Waals surface area contributed by atoms with Crippen LogP contribution in [0.25, 0.3) is 0 Å². The van der Waals surface area contributed by atoms with Crippen molar-refractivity contribution in [3.05, 3.63) is 95.3 Å². The Morgan fingerprint density at radius 1 is 0.964 bits per heavy atom. The highest BCUT2D eigenvalue weighted by atomic mass is 16.4. The van der Waals surface area contributed by atoms with Crippen LogP contribution >= 0.6 is 0 Å². The Bertz CT molecular complexity index is 970. The number of hydrogen-bond acceptors (Lipinski definition) is 3. The van der Waals surface area contributed by atoms with E-state index in [-0.39, 0.29) is 17.9 Å². The minimum absolute atomic E-state index is 0.0483. The molecule has 0 unspecified atom stereocenters. The summed E-state index contributed by atoms with van der Waals surface area (Å²) in [6.07, 6.45) is 4.39. The van der Waals surface area contributed by atoms with Crippen LogP contribution in [0.2, 0.25) is 0 Å². The normalized spacial score (nSPS) is 10.5. The minimum Gasteiger partial charge on any atom is -0.478 e. The van der Waals surface area contributed by atoms with E-state index in [0.717, 1.165) is 28.8 Å². The van der Waals surface area contributed by atoms with Gasteiger partial charge in [0.05, 0.1) is 18.5 Å². The molecule has 5 nitrogen and oxygen atoms in total. The van der Waals surface area contributed by atoms with E-state index in [0.29, 0.717) is 6.54 Å². The van der Waals surface area contributed by atoms with Gasteiger partial charge in [-0.1, -0.05) is 37.3 Å². The number of hydrogen-bond donors (Lipinski definition) is 1.